The summed E-state index contributed by atoms with van der Waals surface area (Å²) in [5, 5.41) is 14.4. The van der Waals surface area contributed by atoms with Gasteiger partial charge in [-0.1, -0.05) is 23.9 Å². The highest BCUT2D eigenvalue weighted by molar-refractivity contribution is 7.99. The molecule has 3 rings (SSSR count). The van der Waals surface area contributed by atoms with E-state index in [2.05, 4.69) is 22.1 Å². The minimum absolute atomic E-state index is 0.138. The van der Waals surface area contributed by atoms with E-state index in [0.717, 1.165) is 15.6 Å². The summed E-state index contributed by atoms with van der Waals surface area (Å²) in [6, 6.07) is 5.65. The fourth-order valence-corrected chi connectivity index (χ4v) is 4.92. The number of thioether (sulfide) groups is 1. The Labute approximate surface area is 180 Å². The topological polar surface area (TPSA) is 86.1 Å². The number of aromatic nitrogens is 3. The number of nitrogens with one attached hydrogen (secondary N) is 1. The maximum atomic E-state index is 12.5. The van der Waals surface area contributed by atoms with Crippen molar-refractivity contribution >= 4 is 51.3 Å². The van der Waals surface area contributed by atoms with Crippen molar-refractivity contribution in [3.05, 3.63) is 46.7 Å². The Kier molecular flexibility index (Phi) is 7.24. The number of anilines is 1. The minimum atomic E-state index is -0.439. The SMILES string of the molecule is C=CCn1c(SCC(=O)Nc2sc(C)cc2C(=O)OCC)nnc1-c1cccs1. The standard InChI is InChI=1S/C19H20N4O3S3/c1-4-8-23-16(14-7-6-9-27-14)21-22-19(23)28-11-15(24)20-17-13(10-12(3)29-17)18(25)26-5-2/h4,6-7,9-10H,1,5,8,11H2,2-3H3,(H,20,24). The number of ether oxygens (including phenoxy) is 1. The van der Waals surface area contributed by atoms with Crippen molar-refractivity contribution in [1.82, 2.24) is 14.8 Å². The number of nitrogens with zero attached hydrogens (tertiary/aromatic N) is 3. The molecule has 0 radical (unpaired) electrons. The van der Waals surface area contributed by atoms with Crippen LogP contribution in [0.1, 0.15) is 22.2 Å². The summed E-state index contributed by atoms with van der Waals surface area (Å²) in [6.45, 7) is 8.24. The number of amides is 1. The largest absolute Gasteiger partial charge is 0.462 e. The lowest BCUT2D eigenvalue weighted by Gasteiger charge is -2.07. The highest BCUT2D eigenvalue weighted by Gasteiger charge is 2.19. The first-order valence-corrected chi connectivity index (χ1v) is 11.5. The molecule has 3 aromatic heterocycles. The van der Waals surface area contributed by atoms with Gasteiger partial charge in [-0.25, -0.2) is 4.79 Å². The maximum absolute atomic E-state index is 12.5. The van der Waals surface area contributed by atoms with Crippen molar-refractivity contribution in [1.29, 1.82) is 0 Å². The van der Waals surface area contributed by atoms with E-state index in [9.17, 15) is 9.59 Å². The van der Waals surface area contributed by atoms with E-state index in [0.29, 0.717) is 22.3 Å². The normalized spacial score (nSPS) is 10.7. The van der Waals surface area contributed by atoms with Gasteiger partial charge in [-0.15, -0.1) is 39.4 Å². The van der Waals surface area contributed by atoms with Crippen LogP contribution in [0.4, 0.5) is 5.00 Å². The van der Waals surface area contributed by atoms with Crippen molar-refractivity contribution in [3.8, 4) is 10.7 Å². The lowest BCUT2D eigenvalue weighted by Crippen LogP contribution is -2.16. The summed E-state index contributed by atoms with van der Waals surface area (Å²) in [6.07, 6.45) is 1.77. The monoisotopic (exact) mass is 448 g/mol. The summed E-state index contributed by atoms with van der Waals surface area (Å²) in [4.78, 5) is 26.5. The van der Waals surface area contributed by atoms with E-state index >= 15 is 0 Å². The Morgan fingerprint density at radius 3 is 2.93 bits per heavy atom. The molecule has 1 amide bonds. The first kappa shape index (κ1) is 21.3. The lowest BCUT2D eigenvalue weighted by atomic mass is 10.3. The molecule has 152 valence electrons. The second kappa shape index (κ2) is 9.86. The minimum Gasteiger partial charge on any atom is -0.462 e. The van der Waals surface area contributed by atoms with Crippen LogP contribution >= 0.6 is 34.4 Å². The van der Waals surface area contributed by atoms with Crippen LogP contribution in [-0.2, 0) is 16.1 Å². The number of carbonyl (C=O) groups is 2. The highest BCUT2D eigenvalue weighted by Crippen LogP contribution is 2.30. The number of aryl methyl sites for hydroxylation is 1. The Bertz CT molecular complexity index is 1010. The van der Waals surface area contributed by atoms with Gasteiger partial charge >= 0.3 is 5.97 Å². The molecule has 0 bridgehead atoms. The Hall–Kier alpha value is -2.43. The average Bonchev–Trinajstić information content (AvgIpc) is 3.41. The molecule has 3 heterocycles. The van der Waals surface area contributed by atoms with E-state index in [-0.39, 0.29) is 18.3 Å². The van der Waals surface area contributed by atoms with E-state index in [1.54, 1.807) is 30.4 Å². The van der Waals surface area contributed by atoms with E-state index < -0.39 is 5.97 Å². The van der Waals surface area contributed by atoms with Gasteiger partial charge in [0.1, 0.15) is 5.00 Å². The zero-order chi connectivity index (χ0) is 20.8. The van der Waals surface area contributed by atoms with Gasteiger partial charge in [0.2, 0.25) is 5.91 Å². The molecular formula is C19H20N4O3S3. The number of carbonyl (C=O) groups excluding carboxylic acids is 2. The molecule has 0 aliphatic rings. The smallest absolute Gasteiger partial charge is 0.341 e. The van der Waals surface area contributed by atoms with Crippen LogP contribution in [0, 0.1) is 6.92 Å². The number of thiophene rings is 2. The van der Waals surface area contributed by atoms with Crippen LogP contribution in [-0.4, -0.2) is 39.0 Å². The van der Waals surface area contributed by atoms with Gasteiger partial charge in [0, 0.05) is 11.4 Å². The van der Waals surface area contributed by atoms with Crippen LogP contribution in [0.15, 0.2) is 41.4 Å². The van der Waals surface area contributed by atoms with E-state index in [4.69, 9.17) is 4.74 Å². The quantitative estimate of drug-likeness (QED) is 0.295. The molecule has 10 heteroatoms. The average molecular weight is 449 g/mol. The predicted molar refractivity (Wildman–Crippen MR) is 118 cm³/mol. The van der Waals surface area contributed by atoms with Gasteiger partial charge in [0.05, 0.1) is 22.8 Å². The van der Waals surface area contributed by atoms with Crippen LogP contribution < -0.4 is 5.32 Å². The van der Waals surface area contributed by atoms with Crippen molar-refractivity contribution in [2.75, 3.05) is 17.7 Å². The summed E-state index contributed by atoms with van der Waals surface area (Å²) in [5.41, 5.74) is 0.377. The third-order valence-corrected chi connectivity index (χ3v) is 6.50. The third kappa shape index (κ3) is 5.14. The summed E-state index contributed by atoms with van der Waals surface area (Å²) in [5.74, 6) is 0.222. The van der Waals surface area contributed by atoms with Gasteiger partial charge in [0.15, 0.2) is 11.0 Å². The summed E-state index contributed by atoms with van der Waals surface area (Å²) < 4.78 is 6.98. The second-order valence-electron chi connectivity index (χ2n) is 5.84. The zero-order valence-corrected chi connectivity index (χ0v) is 18.5. The Morgan fingerprint density at radius 2 is 2.24 bits per heavy atom. The van der Waals surface area contributed by atoms with Crippen LogP contribution in [0.2, 0.25) is 0 Å². The molecule has 0 atom stereocenters. The fraction of sp³-hybridized carbons (Fsp3) is 0.263. The second-order valence-corrected chi connectivity index (χ2v) is 8.99. The van der Waals surface area contributed by atoms with Crippen LogP contribution in [0.25, 0.3) is 10.7 Å². The van der Waals surface area contributed by atoms with Crippen molar-refractivity contribution in [3.63, 3.8) is 0 Å². The van der Waals surface area contributed by atoms with Gasteiger partial charge < -0.3 is 10.1 Å². The number of rotatable bonds is 9. The summed E-state index contributed by atoms with van der Waals surface area (Å²) in [7, 11) is 0. The van der Waals surface area contributed by atoms with Gasteiger partial charge in [0.25, 0.3) is 0 Å². The van der Waals surface area contributed by atoms with Crippen molar-refractivity contribution < 1.29 is 14.3 Å². The first-order valence-electron chi connectivity index (χ1n) is 8.81. The Morgan fingerprint density at radius 1 is 1.41 bits per heavy atom. The van der Waals surface area contributed by atoms with Gasteiger partial charge in [-0.3, -0.25) is 9.36 Å². The predicted octanol–water partition coefficient (Wildman–Crippen LogP) is 4.47. The molecule has 0 spiro atoms. The molecule has 0 aliphatic carbocycles. The summed E-state index contributed by atoms with van der Waals surface area (Å²) >= 11 is 4.21. The highest BCUT2D eigenvalue weighted by atomic mass is 32.2. The molecule has 0 saturated carbocycles. The molecule has 0 aromatic carbocycles. The van der Waals surface area contributed by atoms with Gasteiger partial charge in [-0.2, -0.15) is 0 Å². The molecular weight excluding hydrogens is 428 g/mol. The lowest BCUT2D eigenvalue weighted by molar-refractivity contribution is -0.113. The Balaban J connectivity index is 1.69. The molecule has 0 aliphatic heterocycles. The maximum Gasteiger partial charge on any atom is 0.341 e. The van der Waals surface area contributed by atoms with E-state index in [1.165, 1.54) is 23.1 Å². The van der Waals surface area contributed by atoms with Crippen molar-refractivity contribution in [2.24, 2.45) is 0 Å². The third-order valence-electron chi connectivity index (χ3n) is 3.71. The van der Waals surface area contributed by atoms with Gasteiger partial charge in [-0.05, 0) is 31.4 Å². The number of hydrogen-bond acceptors (Lipinski definition) is 8. The molecule has 1 N–H and O–H groups in total. The molecule has 0 unspecified atom stereocenters. The van der Waals surface area contributed by atoms with E-state index in [1.807, 2.05) is 29.0 Å². The molecule has 0 fully saturated rings. The van der Waals surface area contributed by atoms with Crippen LogP contribution in [0.5, 0.6) is 0 Å². The molecule has 3 aromatic rings. The molecule has 0 saturated heterocycles. The number of esters is 1. The molecule has 29 heavy (non-hydrogen) atoms. The van der Waals surface area contributed by atoms with Crippen molar-refractivity contribution in [2.45, 2.75) is 25.5 Å². The number of allylic oxidation sites excluding steroid dienone is 1. The number of hydrogen-bond donors (Lipinski definition) is 1. The first-order chi connectivity index (χ1) is 14.0. The van der Waals surface area contributed by atoms with Crippen LogP contribution in [0.3, 0.4) is 0 Å². The fourth-order valence-electron chi connectivity index (χ4n) is 2.54. The molecule has 7 nitrogen and oxygen atoms in total. The zero-order valence-electron chi connectivity index (χ0n) is 16.0.